The Labute approximate surface area is 183 Å². The molecule has 0 aliphatic carbocycles. The van der Waals surface area contributed by atoms with Gasteiger partial charge in [-0.1, -0.05) is 35.3 Å². The summed E-state index contributed by atoms with van der Waals surface area (Å²) < 4.78 is 5.58. The van der Waals surface area contributed by atoms with Gasteiger partial charge in [0.25, 0.3) is 0 Å². The average molecular weight is 444 g/mol. The lowest BCUT2D eigenvalue weighted by Gasteiger charge is -2.11. The first kappa shape index (κ1) is 20.0. The van der Waals surface area contributed by atoms with E-state index in [1.165, 1.54) is 4.88 Å². The molecule has 0 fully saturated rings. The monoisotopic (exact) mass is 443 g/mol. The minimum absolute atomic E-state index is 0.493. The lowest BCUT2D eigenvalue weighted by atomic mass is 10.0. The summed E-state index contributed by atoms with van der Waals surface area (Å²) in [5.41, 5.74) is 3.04. The van der Waals surface area contributed by atoms with Crippen LogP contribution in [0.5, 0.6) is 5.75 Å². The number of aryl methyl sites for hydroxylation is 2. The molecule has 148 valence electrons. The first-order chi connectivity index (χ1) is 14.0. The Bertz CT molecular complexity index is 1190. The molecule has 4 nitrogen and oxygen atoms in total. The van der Waals surface area contributed by atoms with Crippen molar-refractivity contribution >= 4 is 56.3 Å². The van der Waals surface area contributed by atoms with Gasteiger partial charge in [-0.2, -0.15) is 0 Å². The summed E-state index contributed by atoms with van der Waals surface area (Å²) in [7, 11) is 0. The van der Waals surface area contributed by atoms with E-state index in [2.05, 4.69) is 34.3 Å². The van der Waals surface area contributed by atoms with E-state index in [9.17, 15) is 0 Å². The molecule has 2 heterocycles. The SMILES string of the molecule is CCOc1ccc(-c2c(C)sc3nc(C)nc(Nc4ccc(Cl)c(Cl)c4)c23)cc1. The highest BCUT2D eigenvalue weighted by molar-refractivity contribution is 7.19. The third-order valence-electron chi connectivity index (χ3n) is 4.48. The zero-order chi connectivity index (χ0) is 20.5. The number of thiophene rings is 1. The molecule has 2 aromatic carbocycles. The Morgan fingerprint density at radius 2 is 1.76 bits per heavy atom. The lowest BCUT2D eigenvalue weighted by Crippen LogP contribution is -1.98. The number of benzene rings is 2. The molecule has 2 aromatic heterocycles. The van der Waals surface area contributed by atoms with Crippen LogP contribution in [0.15, 0.2) is 42.5 Å². The van der Waals surface area contributed by atoms with Gasteiger partial charge in [-0.05, 0) is 56.7 Å². The second-order valence-electron chi connectivity index (χ2n) is 6.54. The van der Waals surface area contributed by atoms with Gasteiger partial charge in [-0.3, -0.25) is 0 Å². The van der Waals surface area contributed by atoms with Crippen LogP contribution in [0.3, 0.4) is 0 Å². The number of nitrogens with one attached hydrogen (secondary N) is 1. The number of halogens is 2. The van der Waals surface area contributed by atoms with E-state index < -0.39 is 0 Å². The van der Waals surface area contributed by atoms with Crippen molar-refractivity contribution in [2.75, 3.05) is 11.9 Å². The second-order valence-corrected chi connectivity index (χ2v) is 8.56. The highest BCUT2D eigenvalue weighted by Gasteiger charge is 2.18. The van der Waals surface area contributed by atoms with Gasteiger partial charge in [0.15, 0.2) is 0 Å². The summed E-state index contributed by atoms with van der Waals surface area (Å²) in [6, 6.07) is 13.6. The van der Waals surface area contributed by atoms with Crippen LogP contribution in [0, 0.1) is 13.8 Å². The van der Waals surface area contributed by atoms with Gasteiger partial charge in [0, 0.05) is 16.1 Å². The normalized spacial score (nSPS) is 11.1. The maximum Gasteiger partial charge on any atom is 0.143 e. The molecule has 0 saturated carbocycles. The predicted molar refractivity (Wildman–Crippen MR) is 123 cm³/mol. The molecule has 0 spiro atoms. The fourth-order valence-corrected chi connectivity index (χ4v) is 4.64. The van der Waals surface area contributed by atoms with Gasteiger partial charge in [0.1, 0.15) is 22.2 Å². The molecule has 0 unspecified atom stereocenters. The molecule has 0 aliphatic rings. The Kier molecular flexibility index (Phi) is 5.63. The van der Waals surface area contributed by atoms with Crippen LogP contribution < -0.4 is 10.1 Å². The Hall–Kier alpha value is -2.34. The molecule has 0 amide bonds. The Morgan fingerprint density at radius 1 is 1.00 bits per heavy atom. The van der Waals surface area contributed by atoms with Crippen LogP contribution in [0.2, 0.25) is 10.0 Å². The molecule has 0 atom stereocenters. The van der Waals surface area contributed by atoms with E-state index in [4.69, 9.17) is 27.9 Å². The molecular formula is C22H19Cl2N3OS. The number of nitrogens with zero attached hydrogens (tertiary/aromatic N) is 2. The molecule has 0 aliphatic heterocycles. The summed E-state index contributed by atoms with van der Waals surface area (Å²) in [6.07, 6.45) is 0. The molecule has 4 aromatic rings. The zero-order valence-corrected chi connectivity index (χ0v) is 18.5. The van der Waals surface area contributed by atoms with Crippen molar-refractivity contribution < 1.29 is 4.74 Å². The van der Waals surface area contributed by atoms with E-state index in [1.54, 1.807) is 23.5 Å². The quantitative estimate of drug-likeness (QED) is 0.348. The van der Waals surface area contributed by atoms with Gasteiger partial charge >= 0.3 is 0 Å². The molecule has 29 heavy (non-hydrogen) atoms. The molecular weight excluding hydrogens is 425 g/mol. The first-order valence-electron chi connectivity index (χ1n) is 9.19. The molecule has 0 radical (unpaired) electrons. The topological polar surface area (TPSA) is 47.0 Å². The molecule has 1 N–H and O–H groups in total. The number of fused-ring (bicyclic) bond motifs is 1. The van der Waals surface area contributed by atoms with E-state index in [-0.39, 0.29) is 0 Å². The van der Waals surface area contributed by atoms with Crippen molar-refractivity contribution in [1.82, 2.24) is 9.97 Å². The van der Waals surface area contributed by atoms with E-state index in [0.29, 0.717) is 22.5 Å². The van der Waals surface area contributed by atoms with Gasteiger partial charge in [-0.25, -0.2) is 9.97 Å². The number of rotatable bonds is 5. The van der Waals surface area contributed by atoms with Crippen LogP contribution in [0.25, 0.3) is 21.3 Å². The number of hydrogen-bond acceptors (Lipinski definition) is 5. The number of hydrogen-bond donors (Lipinski definition) is 1. The van der Waals surface area contributed by atoms with E-state index >= 15 is 0 Å². The fraction of sp³-hybridized carbons (Fsp3) is 0.182. The highest BCUT2D eigenvalue weighted by atomic mass is 35.5. The average Bonchev–Trinajstić information content (AvgIpc) is 3.01. The minimum Gasteiger partial charge on any atom is -0.494 e. The van der Waals surface area contributed by atoms with Crippen LogP contribution in [-0.4, -0.2) is 16.6 Å². The van der Waals surface area contributed by atoms with Crippen molar-refractivity contribution in [3.63, 3.8) is 0 Å². The summed E-state index contributed by atoms with van der Waals surface area (Å²) in [5.74, 6) is 2.31. The smallest absolute Gasteiger partial charge is 0.143 e. The van der Waals surface area contributed by atoms with Crippen molar-refractivity contribution in [1.29, 1.82) is 0 Å². The second kappa shape index (κ2) is 8.19. The highest BCUT2D eigenvalue weighted by Crippen LogP contribution is 2.42. The third kappa shape index (κ3) is 4.04. The lowest BCUT2D eigenvalue weighted by molar-refractivity contribution is 0.340. The predicted octanol–water partition coefficient (Wildman–Crippen LogP) is 7.42. The molecule has 0 bridgehead atoms. The van der Waals surface area contributed by atoms with Gasteiger partial charge in [0.2, 0.25) is 0 Å². The number of anilines is 2. The zero-order valence-electron chi connectivity index (χ0n) is 16.2. The standard InChI is InChI=1S/C22H19Cl2N3OS/c1-4-28-16-8-5-14(6-9-16)19-12(2)29-22-20(19)21(25-13(3)26-22)27-15-7-10-17(23)18(24)11-15/h5-11H,4H2,1-3H3,(H,25,26,27). The Balaban J connectivity index is 1.85. The van der Waals surface area contributed by atoms with E-state index in [0.717, 1.165) is 38.6 Å². The number of aromatic nitrogens is 2. The van der Waals surface area contributed by atoms with Gasteiger partial charge < -0.3 is 10.1 Å². The van der Waals surface area contributed by atoms with Crippen LogP contribution in [0.1, 0.15) is 17.6 Å². The Morgan fingerprint density at radius 3 is 2.45 bits per heavy atom. The summed E-state index contributed by atoms with van der Waals surface area (Å²) in [6.45, 7) is 6.62. The van der Waals surface area contributed by atoms with Crippen LogP contribution >= 0.6 is 34.5 Å². The summed E-state index contributed by atoms with van der Waals surface area (Å²) in [4.78, 5) is 11.5. The van der Waals surface area contributed by atoms with Crippen molar-refractivity contribution in [3.05, 3.63) is 63.2 Å². The number of ether oxygens (including phenoxy) is 1. The van der Waals surface area contributed by atoms with Crippen molar-refractivity contribution in [2.24, 2.45) is 0 Å². The molecule has 4 rings (SSSR count). The summed E-state index contributed by atoms with van der Waals surface area (Å²) >= 11 is 13.9. The van der Waals surface area contributed by atoms with Crippen molar-refractivity contribution in [3.8, 4) is 16.9 Å². The maximum atomic E-state index is 6.19. The van der Waals surface area contributed by atoms with E-state index in [1.807, 2.05) is 32.0 Å². The van der Waals surface area contributed by atoms with Crippen molar-refractivity contribution in [2.45, 2.75) is 20.8 Å². The first-order valence-corrected chi connectivity index (χ1v) is 10.8. The molecule has 0 saturated heterocycles. The summed E-state index contributed by atoms with van der Waals surface area (Å²) in [5, 5.41) is 5.40. The van der Waals surface area contributed by atoms with Gasteiger partial charge in [-0.15, -0.1) is 11.3 Å². The largest absolute Gasteiger partial charge is 0.494 e. The van der Waals surface area contributed by atoms with Gasteiger partial charge in [0.05, 0.1) is 22.0 Å². The minimum atomic E-state index is 0.493. The van der Waals surface area contributed by atoms with Crippen LogP contribution in [-0.2, 0) is 0 Å². The molecule has 7 heteroatoms. The van der Waals surface area contributed by atoms with Crippen LogP contribution in [0.4, 0.5) is 11.5 Å². The fourth-order valence-electron chi connectivity index (χ4n) is 3.25. The third-order valence-corrected chi connectivity index (χ3v) is 6.21. The maximum absolute atomic E-state index is 6.19.